The highest BCUT2D eigenvalue weighted by atomic mass is 32.2. The molecular weight excluding hydrogens is 356 g/mol. The molecule has 0 unspecified atom stereocenters. The lowest BCUT2D eigenvalue weighted by Gasteiger charge is -2.09. The third kappa shape index (κ3) is 4.15. The average molecular weight is 374 g/mol. The van der Waals surface area contributed by atoms with Gasteiger partial charge in [0.2, 0.25) is 11.9 Å². The zero-order chi connectivity index (χ0) is 18.6. The van der Waals surface area contributed by atoms with Crippen LogP contribution in [0.3, 0.4) is 0 Å². The van der Waals surface area contributed by atoms with Gasteiger partial charge in [0.15, 0.2) is 0 Å². The first-order valence-electron chi connectivity index (χ1n) is 8.49. The molecule has 0 radical (unpaired) electrons. The van der Waals surface area contributed by atoms with E-state index in [9.17, 15) is 0 Å². The topological polar surface area (TPSA) is 89.6 Å². The number of thioether (sulfide) groups is 1. The number of rotatable bonds is 5. The van der Waals surface area contributed by atoms with Crippen LogP contribution in [0.5, 0.6) is 0 Å². The Kier molecular flexibility index (Phi) is 4.84. The van der Waals surface area contributed by atoms with Gasteiger partial charge in [-0.3, -0.25) is 0 Å². The summed E-state index contributed by atoms with van der Waals surface area (Å²) in [5.74, 6) is 1.81. The van der Waals surface area contributed by atoms with Crippen LogP contribution in [0.4, 0.5) is 17.6 Å². The summed E-state index contributed by atoms with van der Waals surface area (Å²) in [7, 11) is 0. The fraction of sp³-hybridized carbons (Fsp3) is 0.100. The summed E-state index contributed by atoms with van der Waals surface area (Å²) >= 11 is 1.57. The van der Waals surface area contributed by atoms with E-state index in [1.165, 1.54) is 0 Å². The first-order valence-corrected chi connectivity index (χ1v) is 9.47. The van der Waals surface area contributed by atoms with Gasteiger partial charge in [-0.1, -0.05) is 54.2 Å². The van der Waals surface area contributed by atoms with Crippen LogP contribution >= 0.6 is 11.8 Å². The van der Waals surface area contributed by atoms with Gasteiger partial charge in [-0.05, 0) is 30.7 Å². The minimum atomic E-state index is 0.197. The van der Waals surface area contributed by atoms with Crippen molar-refractivity contribution in [1.29, 1.82) is 0 Å². The molecule has 0 fully saturated rings. The van der Waals surface area contributed by atoms with Crippen LogP contribution in [0.25, 0.3) is 10.9 Å². The summed E-state index contributed by atoms with van der Waals surface area (Å²) in [6.07, 6.45) is 0. The summed E-state index contributed by atoms with van der Waals surface area (Å²) < 4.78 is 0. The minimum Gasteiger partial charge on any atom is -0.368 e. The van der Waals surface area contributed by atoms with Gasteiger partial charge in [0, 0.05) is 11.1 Å². The number of nitrogens with two attached hydrogens (primary N) is 1. The first-order chi connectivity index (χ1) is 13.2. The second kappa shape index (κ2) is 7.59. The molecule has 0 saturated carbocycles. The van der Waals surface area contributed by atoms with E-state index in [0.29, 0.717) is 17.5 Å². The molecule has 3 N–H and O–H groups in total. The van der Waals surface area contributed by atoms with Crippen LogP contribution in [-0.4, -0.2) is 19.9 Å². The molecule has 0 amide bonds. The van der Waals surface area contributed by atoms with E-state index < -0.39 is 0 Å². The van der Waals surface area contributed by atoms with Gasteiger partial charge in [0.25, 0.3) is 0 Å². The molecule has 2 heterocycles. The Bertz CT molecular complexity index is 1100. The van der Waals surface area contributed by atoms with Crippen molar-refractivity contribution >= 4 is 40.2 Å². The van der Waals surface area contributed by atoms with Gasteiger partial charge >= 0.3 is 0 Å². The number of hydrogen-bond donors (Lipinski definition) is 2. The van der Waals surface area contributed by atoms with Crippen molar-refractivity contribution in [3.05, 3.63) is 72.1 Å². The number of aromatic nitrogens is 4. The summed E-state index contributed by atoms with van der Waals surface area (Å²) in [6.45, 7) is 2.02. The number of para-hydroxylation sites is 2. The number of nitrogen functional groups attached to an aromatic ring is 1. The number of fused-ring (bicyclic) bond motifs is 1. The molecule has 4 rings (SSSR count). The Morgan fingerprint density at radius 3 is 2.59 bits per heavy atom. The predicted octanol–water partition coefficient (Wildman–Crippen LogP) is 4.35. The van der Waals surface area contributed by atoms with Crippen LogP contribution < -0.4 is 11.1 Å². The number of pyridine rings is 1. The van der Waals surface area contributed by atoms with E-state index in [2.05, 4.69) is 31.3 Å². The van der Waals surface area contributed by atoms with E-state index >= 15 is 0 Å². The van der Waals surface area contributed by atoms with Gasteiger partial charge in [-0.15, -0.1) is 0 Å². The molecule has 2 aromatic heterocycles. The molecule has 7 heteroatoms. The maximum atomic E-state index is 5.87. The van der Waals surface area contributed by atoms with Crippen molar-refractivity contribution < 1.29 is 0 Å². The zero-order valence-corrected chi connectivity index (χ0v) is 15.6. The quantitative estimate of drug-likeness (QED) is 0.502. The van der Waals surface area contributed by atoms with Crippen molar-refractivity contribution in [3.8, 4) is 0 Å². The minimum absolute atomic E-state index is 0.197. The molecule has 4 aromatic rings. The standard InChI is InChI=1S/C20H18N6S/c1-13-6-2-4-8-15(13)23-20-25-17(24-19(21)26-20)12-27-18-11-10-14-7-3-5-9-16(14)22-18/h2-11H,12H2,1H3,(H3,21,23,24,25,26). The molecule has 0 atom stereocenters. The highest BCUT2D eigenvalue weighted by molar-refractivity contribution is 7.98. The van der Waals surface area contributed by atoms with Gasteiger partial charge in [0.05, 0.1) is 16.3 Å². The number of nitrogens with one attached hydrogen (secondary N) is 1. The third-order valence-electron chi connectivity index (χ3n) is 4.01. The molecule has 0 aliphatic rings. The van der Waals surface area contributed by atoms with E-state index in [4.69, 9.17) is 5.73 Å². The average Bonchev–Trinajstić information content (AvgIpc) is 2.68. The maximum absolute atomic E-state index is 5.87. The first kappa shape index (κ1) is 17.2. The van der Waals surface area contributed by atoms with Gasteiger partial charge < -0.3 is 11.1 Å². The number of benzene rings is 2. The summed E-state index contributed by atoms with van der Waals surface area (Å²) in [6, 6.07) is 20.1. The SMILES string of the molecule is Cc1ccccc1Nc1nc(N)nc(CSc2ccc3ccccc3n2)n1. The van der Waals surface area contributed by atoms with Crippen LogP contribution in [-0.2, 0) is 5.75 Å². The number of anilines is 3. The Morgan fingerprint density at radius 2 is 1.70 bits per heavy atom. The molecule has 27 heavy (non-hydrogen) atoms. The van der Waals surface area contributed by atoms with Crippen LogP contribution in [0.2, 0.25) is 0 Å². The summed E-state index contributed by atoms with van der Waals surface area (Å²) in [4.78, 5) is 17.6. The molecule has 6 nitrogen and oxygen atoms in total. The van der Waals surface area contributed by atoms with Crippen molar-refractivity contribution in [3.63, 3.8) is 0 Å². The molecule has 0 aliphatic heterocycles. The highest BCUT2D eigenvalue weighted by Crippen LogP contribution is 2.23. The Hall–Kier alpha value is -3.19. The van der Waals surface area contributed by atoms with Crippen molar-refractivity contribution in [1.82, 2.24) is 19.9 Å². The lowest BCUT2D eigenvalue weighted by Crippen LogP contribution is -2.07. The molecular formula is C20H18N6S. The lowest BCUT2D eigenvalue weighted by molar-refractivity contribution is 0.980. The predicted molar refractivity (Wildman–Crippen MR) is 110 cm³/mol. The molecule has 0 saturated heterocycles. The molecule has 134 valence electrons. The second-order valence-corrected chi connectivity index (χ2v) is 7.00. The smallest absolute Gasteiger partial charge is 0.232 e. The highest BCUT2D eigenvalue weighted by Gasteiger charge is 2.08. The lowest BCUT2D eigenvalue weighted by atomic mass is 10.2. The largest absolute Gasteiger partial charge is 0.368 e. The van der Waals surface area contributed by atoms with Crippen molar-refractivity contribution in [2.75, 3.05) is 11.1 Å². The molecule has 0 bridgehead atoms. The Balaban J connectivity index is 1.51. The van der Waals surface area contributed by atoms with E-state index in [1.807, 2.05) is 61.5 Å². The molecule has 0 spiro atoms. The summed E-state index contributed by atoms with van der Waals surface area (Å²) in [5, 5.41) is 5.25. The fourth-order valence-electron chi connectivity index (χ4n) is 2.66. The molecule has 0 aliphatic carbocycles. The van der Waals surface area contributed by atoms with Crippen molar-refractivity contribution in [2.45, 2.75) is 17.7 Å². The van der Waals surface area contributed by atoms with Crippen molar-refractivity contribution in [2.24, 2.45) is 0 Å². The third-order valence-corrected chi connectivity index (χ3v) is 4.94. The summed E-state index contributed by atoms with van der Waals surface area (Å²) in [5.41, 5.74) is 8.89. The van der Waals surface area contributed by atoms with Crippen LogP contribution in [0.1, 0.15) is 11.4 Å². The molecule has 2 aromatic carbocycles. The van der Waals surface area contributed by atoms with Crippen LogP contribution in [0.15, 0.2) is 65.7 Å². The fourth-order valence-corrected chi connectivity index (χ4v) is 3.39. The van der Waals surface area contributed by atoms with Gasteiger partial charge in [-0.25, -0.2) is 4.98 Å². The number of aryl methyl sites for hydroxylation is 1. The van der Waals surface area contributed by atoms with Gasteiger partial charge in [0.1, 0.15) is 5.82 Å². The maximum Gasteiger partial charge on any atom is 0.232 e. The van der Waals surface area contributed by atoms with Crippen LogP contribution in [0, 0.1) is 6.92 Å². The van der Waals surface area contributed by atoms with Gasteiger partial charge in [-0.2, -0.15) is 15.0 Å². The Morgan fingerprint density at radius 1 is 0.889 bits per heavy atom. The zero-order valence-electron chi connectivity index (χ0n) is 14.8. The van der Waals surface area contributed by atoms with E-state index in [0.717, 1.165) is 27.2 Å². The van der Waals surface area contributed by atoms with E-state index in [1.54, 1.807) is 11.8 Å². The van der Waals surface area contributed by atoms with E-state index in [-0.39, 0.29) is 5.95 Å². The number of hydrogen-bond acceptors (Lipinski definition) is 7. The Labute approximate surface area is 161 Å². The monoisotopic (exact) mass is 374 g/mol. The second-order valence-electron chi connectivity index (χ2n) is 6.00. The normalized spacial score (nSPS) is 10.9. The number of nitrogens with zero attached hydrogens (tertiary/aromatic N) is 4.